The summed E-state index contributed by atoms with van der Waals surface area (Å²) in [7, 11) is 0. The van der Waals surface area contributed by atoms with Crippen LogP contribution in [0.25, 0.3) is 0 Å². The molecule has 0 fully saturated rings. The smallest absolute Gasteiger partial charge is 0.0794 e. The van der Waals surface area contributed by atoms with E-state index >= 15 is 0 Å². The van der Waals surface area contributed by atoms with Crippen LogP contribution in [0.1, 0.15) is 31.6 Å². The molecule has 0 unspecified atom stereocenters. The van der Waals surface area contributed by atoms with Crippen molar-refractivity contribution in [1.82, 2.24) is 4.98 Å². The minimum Gasteiger partial charge on any atom is -0.253 e. The number of rotatable bonds is 2. The molecule has 1 rings (SSSR count). The molecule has 0 aromatic carbocycles. The van der Waals surface area contributed by atoms with Gasteiger partial charge in [0.25, 0.3) is 0 Å². The van der Waals surface area contributed by atoms with Crippen LogP contribution in [0.3, 0.4) is 0 Å². The van der Waals surface area contributed by atoms with E-state index in [1.54, 1.807) is 11.3 Å². The van der Waals surface area contributed by atoms with Crippen LogP contribution in [0, 0.1) is 5.92 Å². The third kappa shape index (κ3) is 1.57. The third-order valence-electron chi connectivity index (χ3n) is 1.90. The maximum Gasteiger partial charge on any atom is 0.0794 e. The summed E-state index contributed by atoms with van der Waals surface area (Å²) >= 11 is 1.75. The molecule has 0 amide bonds. The van der Waals surface area contributed by atoms with Crippen LogP contribution < -0.4 is 0 Å². The lowest BCUT2D eigenvalue weighted by Crippen LogP contribution is -1.98. The van der Waals surface area contributed by atoms with Gasteiger partial charge in [0.15, 0.2) is 0 Å². The summed E-state index contributed by atoms with van der Waals surface area (Å²) < 4.78 is 0. The zero-order chi connectivity index (χ0) is 7.56. The summed E-state index contributed by atoms with van der Waals surface area (Å²) in [4.78, 5) is 5.44. The molecule has 0 N–H and O–H groups in total. The molecule has 0 aliphatic rings. The molecule has 0 saturated carbocycles. The number of hydrogen-bond donors (Lipinski definition) is 0. The Morgan fingerprint density at radius 2 is 2.10 bits per heavy atom. The average molecular weight is 155 g/mol. The first kappa shape index (κ1) is 7.73. The molecule has 0 spiro atoms. The van der Waals surface area contributed by atoms with Gasteiger partial charge < -0.3 is 0 Å². The third-order valence-corrected chi connectivity index (χ3v) is 2.88. The largest absolute Gasteiger partial charge is 0.253 e. The van der Waals surface area contributed by atoms with Crippen LogP contribution in [-0.4, -0.2) is 4.98 Å². The van der Waals surface area contributed by atoms with Gasteiger partial charge in [-0.25, -0.2) is 0 Å². The molecule has 1 aromatic heterocycles. The molecular formula is C8H13NS. The maximum atomic E-state index is 4.04. The molecule has 0 bridgehead atoms. The molecule has 0 aliphatic carbocycles. The minimum absolute atomic E-state index is 0.660. The van der Waals surface area contributed by atoms with E-state index in [0.29, 0.717) is 5.92 Å². The lowest BCUT2D eigenvalue weighted by Gasteiger charge is -2.11. The molecule has 2 heteroatoms. The van der Waals surface area contributed by atoms with Crippen molar-refractivity contribution in [3.63, 3.8) is 0 Å². The Bertz CT molecular complexity index is 179. The summed E-state index contributed by atoms with van der Waals surface area (Å²) in [5.41, 5.74) is 1.90. The van der Waals surface area contributed by atoms with Crippen LogP contribution in [0.2, 0.25) is 0 Å². The van der Waals surface area contributed by atoms with Gasteiger partial charge in [0.1, 0.15) is 0 Å². The Labute approximate surface area is 66.1 Å². The molecule has 10 heavy (non-hydrogen) atoms. The molecule has 0 aliphatic heterocycles. The van der Waals surface area contributed by atoms with E-state index in [1.165, 1.54) is 4.88 Å². The summed E-state index contributed by atoms with van der Waals surface area (Å²) in [6.07, 6.45) is 1.97. The van der Waals surface area contributed by atoms with Gasteiger partial charge in [-0.05, 0) is 11.8 Å². The highest BCUT2D eigenvalue weighted by Crippen LogP contribution is 2.25. The van der Waals surface area contributed by atoms with E-state index in [1.807, 2.05) is 11.7 Å². The van der Waals surface area contributed by atoms with Crippen molar-refractivity contribution in [1.29, 1.82) is 0 Å². The summed E-state index contributed by atoms with van der Waals surface area (Å²) in [5.74, 6) is 1.38. The Morgan fingerprint density at radius 3 is 2.50 bits per heavy atom. The van der Waals surface area contributed by atoms with Gasteiger partial charge in [-0.15, -0.1) is 11.3 Å². The molecule has 0 radical (unpaired) electrons. The van der Waals surface area contributed by atoms with Crippen molar-refractivity contribution in [2.24, 2.45) is 5.92 Å². The van der Waals surface area contributed by atoms with Gasteiger partial charge in [-0.3, -0.25) is 4.98 Å². The Hall–Kier alpha value is -0.370. The van der Waals surface area contributed by atoms with Crippen molar-refractivity contribution >= 4 is 11.3 Å². The lowest BCUT2D eigenvalue weighted by atomic mass is 9.97. The van der Waals surface area contributed by atoms with Crippen molar-refractivity contribution in [3.05, 3.63) is 16.6 Å². The second-order valence-electron chi connectivity index (χ2n) is 2.94. The second-order valence-corrected chi connectivity index (χ2v) is 3.85. The fourth-order valence-electron chi connectivity index (χ4n) is 0.779. The molecule has 56 valence electrons. The first-order valence-electron chi connectivity index (χ1n) is 3.60. The van der Waals surface area contributed by atoms with Gasteiger partial charge >= 0.3 is 0 Å². The zero-order valence-electron chi connectivity index (χ0n) is 6.66. The van der Waals surface area contributed by atoms with E-state index in [2.05, 4.69) is 25.8 Å². The first-order valence-corrected chi connectivity index (χ1v) is 4.48. The van der Waals surface area contributed by atoms with E-state index in [-0.39, 0.29) is 0 Å². The fourth-order valence-corrected chi connectivity index (χ4v) is 1.63. The standard InChI is InChI=1S/C8H13NS/c1-6(2)7(3)8-4-9-5-10-8/h4-7H,1-3H3/t7-/m0/s1. The number of hydrogen-bond acceptors (Lipinski definition) is 2. The molecule has 1 heterocycles. The minimum atomic E-state index is 0.660. The fraction of sp³-hybridized carbons (Fsp3) is 0.625. The van der Waals surface area contributed by atoms with Crippen molar-refractivity contribution in [2.45, 2.75) is 26.7 Å². The van der Waals surface area contributed by atoms with Gasteiger partial charge in [-0.1, -0.05) is 20.8 Å². The van der Waals surface area contributed by atoms with E-state index in [9.17, 15) is 0 Å². The highest BCUT2D eigenvalue weighted by atomic mass is 32.1. The predicted molar refractivity (Wildman–Crippen MR) is 45.4 cm³/mol. The summed E-state index contributed by atoms with van der Waals surface area (Å²) in [5, 5.41) is 0. The molecular weight excluding hydrogens is 142 g/mol. The van der Waals surface area contributed by atoms with Gasteiger partial charge in [0.2, 0.25) is 0 Å². The normalized spacial score (nSPS) is 14.0. The van der Waals surface area contributed by atoms with Gasteiger partial charge in [0.05, 0.1) is 5.51 Å². The van der Waals surface area contributed by atoms with Gasteiger partial charge in [0, 0.05) is 11.1 Å². The lowest BCUT2D eigenvalue weighted by molar-refractivity contribution is 0.541. The second kappa shape index (κ2) is 3.15. The number of nitrogens with zero attached hydrogens (tertiary/aromatic N) is 1. The van der Waals surface area contributed by atoms with Crippen LogP contribution in [0.5, 0.6) is 0 Å². The zero-order valence-corrected chi connectivity index (χ0v) is 7.48. The number of aromatic nitrogens is 1. The average Bonchev–Trinajstić information content (AvgIpc) is 2.36. The number of thiazole rings is 1. The quantitative estimate of drug-likeness (QED) is 0.640. The van der Waals surface area contributed by atoms with Crippen LogP contribution in [0.15, 0.2) is 11.7 Å². The molecule has 1 nitrogen and oxygen atoms in total. The van der Waals surface area contributed by atoms with Crippen LogP contribution >= 0.6 is 11.3 Å². The Morgan fingerprint density at radius 1 is 1.40 bits per heavy atom. The van der Waals surface area contributed by atoms with E-state index in [0.717, 1.165) is 5.92 Å². The van der Waals surface area contributed by atoms with Crippen LogP contribution in [0.4, 0.5) is 0 Å². The SMILES string of the molecule is CC(C)[C@H](C)c1cncs1. The van der Waals surface area contributed by atoms with E-state index < -0.39 is 0 Å². The van der Waals surface area contributed by atoms with Gasteiger partial charge in [-0.2, -0.15) is 0 Å². The van der Waals surface area contributed by atoms with Crippen molar-refractivity contribution in [3.8, 4) is 0 Å². The van der Waals surface area contributed by atoms with Crippen LogP contribution in [-0.2, 0) is 0 Å². The summed E-state index contributed by atoms with van der Waals surface area (Å²) in [6, 6.07) is 0. The monoisotopic (exact) mass is 155 g/mol. The topological polar surface area (TPSA) is 12.9 Å². The molecule has 0 saturated heterocycles. The van der Waals surface area contributed by atoms with Crippen molar-refractivity contribution in [2.75, 3.05) is 0 Å². The molecule has 1 atom stereocenters. The Kier molecular flexibility index (Phi) is 2.44. The first-order chi connectivity index (χ1) is 4.72. The highest BCUT2D eigenvalue weighted by Gasteiger charge is 2.10. The maximum absolute atomic E-state index is 4.04. The van der Waals surface area contributed by atoms with Crippen molar-refractivity contribution < 1.29 is 0 Å². The Balaban J connectivity index is 2.68. The summed E-state index contributed by atoms with van der Waals surface area (Å²) in [6.45, 7) is 6.73. The predicted octanol–water partition coefficient (Wildman–Crippen LogP) is 2.90. The van der Waals surface area contributed by atoms with E-state index in [4.69, 9.17) is 0 Å². The highest BCUT2D eigenvalue weighted by molar-refractivity contribution is 7.09. The molecule has 1 aromatic rings.